The van der Waals surface area contributed by atoms with E-state index in [1.165, 1.54) is 29.2 Å². The molecule has 3 aromatic rings. The molecule has 1 atom stereocenters. The topological polar surface area (TPSA) is 94.9 Å². The number of aromatic carboxylic acids is 1. The summed E-state index contributed by atoms with van der Waals surface area (Å²) in [4.78, 5) is 39.0. The molecule has 1 heterocycles. The van der Waals surface area contributed by atoms with E-state index in [0.29, 0.717) is 5.56 Å². The van der Waals surface area contributed by atoms with E-state index in [1.54, 1.807) is 36.4 Å². The summed E-state index contributed by atoms with van der Waals surface area (Å²) in [6, 6.07) is 21.1. The molecule has 2 N–H and O–H groups in total. The second kappa shape index (κ2) is 9.26. The number of halogens is 1. The third-order valence-corrected chi connectivity index (χ3v) is 5.79. The molecule has 0 saturated heterocycles. The maximum absolute atomic E-state index is 13.2. The largest absolute Gasteiger partial charge is 0.503 e. The highest BCUT2D eigenvalue weighted by Gasteiger charge is 2.43. The summed E-state index contributed by atoms with van der Waals surface area (Å²) >= 11 is 3.37. The number of rotatable bonds is 6. The van der Waals surface area contributed by atoms with Gasteiger partial charge in [-0.05, 0) is 47.5 Å². The van der Waals surface area contributed by atoms with Gasteiger partial charge in [-0.1, -0.05) is 70.5 Å². The van der Waals surface area contributed by atoms with Crippen molar-refractivity contribution in [2.45, 2.75) is 6.04 Å². The van der Waals surface area contributed by atoms with E-state index in [1.807, 2.05) is 30.3 Å². The summed E-state index contributed by atoms with van der Waals surface area (Å²) in [5.74, 6) is -3.11. The Kier molecular flexibility index (Phi) is 6.24. The van der Waals surface area contributed by atoms with Gasteiger partial charge in [-0.3, -0.25) is 14.5 Å². The second-order valence-corrected chi connectivity index (χ2v) is 8.27. The molecule has 0 spiro atoms. The van der Waals surface area contributed by atoms with Crippen LogP contribution in [0.25, 0.3) is 6.08 Å². The molecule has 1 aliphatic heterocycles. The fourth-order valence-corrected chi connectivity index (χ4v) is 3.96. The summed E-state index contributed by atoms with van der Waals surface area (Å²) in [6.07, 6.45) is 2.93. The van der Waals surface area contributed by atoms with E-state index in [4.69, 9.17) is 0 Å². The van der Waals surface area contributed by atoms with Crippen molar-refractivity contribution in [2.24, 2.45) is 0 Å². The third kappa shape index (κ3) is 4.49. The number of aliphatic hydroxyl groups excluding tert-OH is 1. The van der Waals surface area contributed by atoms with Crippen LogP contribution in [0.5, 0.6) is 0 Å². The number of amides is 1. The minimum Gasteiger partial charge on any atom is -0.503 e. The number of allylic oxidation sites excluding steroid dienone is 1. The number of carboxylic acid groups (broad SMARTS) is 1. The van der Waals surface area contributed by atoms with Crippen LogP contribution in [0.15, 0.2) is 101 Å². The van der Waals surface area contributed by atoms with Gasteiger partial charge in [0.25, 0.3) is 5.91 Å². The van der Waals surface area contributed by atoms with Crippen molar-refractivity contribution in [3.05, 3.63) is 117 Å². The zero-order chi connectivity index (χ0) is 23.5. The molecular weight excluding hydrogens is 486 g/mol. The van der Waals surface area contributed by atoms with Crippen molar-refractivity contribution < 1.29 is 24.6 Å². The van der Waals surface area contributed by atoms with Crippen molar-refractivity contribution in [3.8, 4) is 0 Å². The molecule has 1 amide bonds. The van der Waals surface area contributed by atoms with Crippen LogP contribution in [0.3, 0.4) is 0 Å². The normalized spacial score (nSPS) is 16.0. The Hall–Kier alpha value is -3.97. The number of hydrogen-bond donors (Lipinski definition) is 2. The van der Waals surface area contributed by atoms with Gasteiger partial charge >= 0.3 is 5.97 Å². The van der Waals surface area contributed by atoms with E-state index in [9.17, 15) is 24.6 Å². The summed E-state index contributed by atoms with van der Waals surface area (Å²) in [6.45, 7) is 0. The number of aliphatic hydroxyl groups is 1. The van der Waals surface area contributed by atoms with Gasteiger partial charge in [0.15, 0.2) is 11.5 Å². The first-order chi connectivity index (χ1) is 15.9. The summed E-state index contributed by atoms with van der Waals surface area (Å²) in [7, 11) is 0. The first-order valence-corrected chi connectivity index (χ1v) is 10.8. The van der Waals surface area contributed by atoms with Crippen molar-refractivity contribution >= 4 is 45.4 Å². The van der Waals surface area contributed by atoms with Gasteiger partial charge in [-0.2, -0.15) is 0 Å². The van der Waals surface area contributed by atoms with Crippen LogP contribution in [0, 0.1) is 0 Å². The number of nitrogens with zero attached hydrogens (tertiary/aromatic N) is 1. The Labute approximate surface area is 198 Å². The number of anilines is 1. The standard InChI is InChI=1S/C26H18BrNO5/c27-19-12-10-17(11-13-19)23-22(21(29)14-9-16-5-2-1-3-6-16)24(30)25(31)28(23)20-8-4-7-18(15-20)26(32)33/h1-15,23,30H,(H,32,33)/b14-9+/t23-/m1/s1. The van der Waals surface area contributed by atoms with Crippen LogP contribution >= 0.6 is 15.9 Å². The van der Waals surface area contributed by atoms with Crippen LogP contribution in [0.2, 0.25) is 0 Å². The highest BCUT2D eigenvalue weighted by atomic mass is 79.9. The minimum atomic E-state index is -1.15. The Morgan fingerprint density at radius 1 is 0.939 bits per heavy atom. The molecule has 0 unspecified atom stereocenters. The Bertz CT molecular complexity index is 1300. The van der Waals surface area contributed by atoms with Gasteiger partial charge in [0, 0.05) is 10.2 Å². The first-order valence-electron chi connectivity index (χ1n) is 10.00. The van der Waals surface area contributed by atoms with E-state index < -0.39 is 29.5 Å². The molecule has 0 saturated carbocycles. The predicted molar refractivity (Wildman–Crippen MR) is 128 cm³/mol. The number of carbonyl (C=O) groups is 3. The van der Waals surface area contributed by atoms with E-state index in [0.717, 1.165) is 10.0 Å². The minimum absolute atomic E-state index is 0.0157. The van der Waals surface area contributed by atoms with E-state index >= 15 is 0 Å². The predicted octanol–water partition coefficient (Wildman–Crippen LogP) is 5.33. The van der Waals surface area contributed by atoms with Gasteiger partial charge in [0.05, 0.1) is 17.2 Å². The molecule has 0 radical (unpaired) electrons. The Morgan fingerprint density at radius 3 is 2.30 bits per heavy atom. The summed E-state index contributed by atoms with van der Waals surface area (Å²) in [5.41, 5.74) is 1.55. The lowest BCUT2D eigenvalue weighted by molar-refractivity contribution is -0.117. The van der Waals surface area contributed by atoms with Crippen LogP contribution < -0.4 is 4.90 Å². The number of ketones is 1. The highest BCUT2D eigenvalue weighted by molar-refractivity contribution is 9.10. The van der Waals surface area contributed by atoms with Gasteiger partial charge in [-0.25, -0.2) is 4.79 Å². The van der Waals surface area contributed by atoms with Gasteiger partial charge < -0.3 is 10.2 Å². The maximum Gasteiger partial charge on any atom is 0.335 e. The molecule has 0 aromatic heterocycles. The Morgan fingerprint density at radius 2 is 1.64 bits per heavy atom. The molecule has 6 nitrogen and oxygen atoms in total. The molecule has 4 rings (SSSR count). The second-order valence-electron chi connectivity index (χ2n) is 7.36. The van der Waals surface area contributed by atoms with Crippen molar-refractivity contribution in [3.63, 3.8) is 0 Å². The molecule has 0 bridgehead atoms. The van der Waals surface area contributed by atoms with Crippen molar-refractivity contribution in [1.29, 1.82) is 0 Å². The summed E-state index contributed by atoms with van der Waals surface area (Å²) in [5, 5.41) is 20.1. The zero-order valence-electron chi connectivity index (χ0n) is 17.2. The maximum atomic E-state index is 13.2. The van der Waals surface area contributed by atoms with E-state index in [-0.39, 0.29) is 16.8 Å². The molecule has 33 heavy (non-hydrogen) atoms. The molecular formula is C26H18BrNO5. The molecule has 0 aliphatic carbocycles. The monoisotopic (exact) mass is 503 g/mol. The smallest absolute Gasteiger partial charge is 0.335 e. The number of benzene rings is 3. The van der Waals surface area contributed by atoms with Crippen LogP contribution in [-0.2, 0) is 9.59 Å². The lowest BCUT2D eigenvalue weighted by atomic mass is 9.95. The fourth-order valence-electron chi connectivity index (χ4n) is 3.70. The number of carbonyl (C=O) groups excluding carboxylic acids is 2. The first kappa shape index (κ1) is 22.2. The number of carboxylic acids is 1. The average Bonchev–Trinajstić information content (AvgIpc) is 3.09. The number of hydrogen-bond acceptors (Lipinski definition) is 4. The average molecular weight is 504 g/mol. The zero-order valence-corrected chi connectivity index (χ0v) is 18.8. The molecule has 7 heteroatoms. The molecule has 164 valence electrons. The lowest BCUT2D eigenvalue weighted by Crippen LogP contribution is -2.31. The van der Waals surface area contributed by atoms with Crippen molar-refractivity contribution in [2.75, 3.05) is 4.90 Å². The highest BCUT2D eigenvalue weighted by Crippen LogP contribution is 2.41. The van der Waals surface area contributed by atoms with Crippen molar-refractivity contribution in [1.82, 2.24) is 0 Å². The van der Waals surface area contributed by atoms with Crippen LogP contribution in [0.1, 0.15) is 27.5 Å². The molecule has 1 aliphatic rings. The SMILES string of the molecule is O=C(/C=C/c1ccccc1)C1=C(O)C(=O)N(c2cccc(C(=O)O)c2)[C@@H]1c1ccc(Br)cc1. The molecule has 3 aromatic carbocycles. The van der Waals surface area contributed by atoms with Gasteiger partial charge in [0.1, 0.15) is 0 Å². The van der Waals surface area contributed by atoms with Gasteiger partial charge in [-0.15, -0.1) is 0 Å². The quantitative estimate of drug-likeness (QED) is 0.443. The third-order valence-electron chi connectivity index (χ3n) is 5.26. The summed E-state index contributed by atoms with van der Waals surface area (Å²) < 4.78 is 0.806. The lowest BCUT2D eigenvalue weighted by Gasteiger charge is -2.27. The Balaban J connectivity index is 1.81. The van der Waals surface area contributed by atoms with Crippen LogP contribution in [-0.4, -0.2) is 27.9 Å². The molecule has 0 fully saturated rings. The fraction of sp³-hybridized carbons (Fsp3) is 0.0385. The van der Waals surface area contributed by atoms with E-state index in [2.05, 4.69) is 15.9 Å². The van der Waals surface area contributed by atoms with Gasteiger partial charge in [0.2, 0.25) is 0 Å². The van der Waals surface area contributed by atoms with Crippen LogP contribution in [0.4, 0.5) is 5.69 Å².